The van der Waals surface area contributed by atoms with Crippen LogP contribution in [0.4, 0.5) is 0 Å². The van der Waals surface area contributed by atoms with Gasteiger partial charge in [-0.15, -0.1) is 0 Å². The summed E-state index contributed by atoms with van der Waals surface area (Å²) in [5, 5.41) is 1.10. The normalized spacial score (nSPS) is 10.7. The van der Waals surface area contributed by atoms with Gasteiger partial charge >= 0.3 is 5.97 Å². The van der Waals surface area contributed by atoms with Crippen molar-refractivity contribution in [3.05, 3.63) is 57.8 Å². The number of ether oxygens (including phenoxy) is 1. The van der Waals surface area contributed by atoms with Crippen LogP contribution in [0.5, 0.6) is 0 Å². The first-order valence-electron chi connectivity index (χ1n) is 6.15. The number of aromatic amines is 1. The molecule has 4 heteroatoms. The number of aromatic nitrogens is 1. The molecule has 0 saturated carbocycles. The highest BCUT2D eigenvalue weighted by Crippen LogP contribution is 2.34. The van der Waals surface area contributed by atoms with Gasteiger partial charge in [0.05, 0.1) is 12.7 Å². The fourth-order valence-electron chi connectivity index (χ4n) is 2.38. The predicted molar refractivity (Wildman–Crippen MR) is 87.8 cm³/mol. The van der Waals surface area contributed by atoms with Crippen molar-refractivity contribution in [1.29, 1.82) is 0 Å². The summed E-state index contributed by atoms with van der Waals surface area (Å²) in [7, 11) is 1.41. The van der Waals surface area contributed by atoms with E-state index in [1.165, 1.54) is 7.11 Å². The number of methoxy groups -OCH3 is 1. The van der Waals surface area contributed by atoms with E-state index in [9.17, 15) is 4.79 Å². The quantitative estimate of drug-likeness (QED) is 0.537. The lowest BCUT2D eigenvalue weighted by Gasteiger charge is -2.11. The van der Waals surface area contributed by atoms with E-state index in [1.807, 2.05) is 42.6 Å². The molecule has 0 aliphatic carbocycles. The molecule has 0 amide bonds. The molecule has 0 unspecified atom stereocenters. The molecule has 1 heterocycles. The molecule has 0 radical (unpaired) electrons. The van der Waals surface area contributed by atoms with Crippen molar-refractivity contribution in [3.63, 3.8) is 0 Å². The van der Waals surface area contributed by atoms with Crippen molar-refractivity contribution in [2.45, 2.75) is 0 Å². The number of benzene rings is 2. The number of hydrogen-bond acceptors (Lipinski definition) is 2. The maximum absolute atomic E-state index is 12.0. The van der Waals surface area contributed by atoms with Crippen LogP contribution in [-0.2, 0) is 4.74 Å². The minimum Gasteiger partial charge on any atom is -0.465 e. The Kier molecular flexibility index (Phi) is 3.48. The Morgan fingerprint density at radius 3 is 2.75 bits per heavy atom. The molecular weight excluding hydrogens is 365 g/mol. The summed E-state index contributed by atoms with van der Waals surface area (Å²) in [6.07, 6.45) is 1.90. The lowest BCUT2D eigenvalue weighted by molar-refractivity contribution is 0.0601. The van der Waals surface area contributed by atoms with Gasteiger partial charge in [-0.1, -0.05) is 18.2 Å². The fourth-order valence-corrected chi connectivity index (χ4v) is 3.17. The fraction of sp³-hybridized carbons (Fsp3) is 0.0625. The van der Waals surface area contributed by atoms with Crippen LogP contribution in [0.15, 0.2) is 48.7 Å². The third-order valence-corrected chi connectivity index (χ3v) is 4.18. The number of hydrogen-bond donors (Lipinski definition) is 1. The van der Waals surface area contributed by atoms with Gasteiger partial charge in [-0.3, -0.25) is 0 Å². The van der Waals surface area contributed by atoms with E-state index in [2.05, 4.69) is 27.6 Å². The summed E-state index contributed by atoms with van der Waals surface area (Å²) in [4.78, 5) is 15.2. The number of halogens is 1. The second-order valence-electron chi connectivity index (χ2n) is 4.40. The Morgan fingerprint density at radius 1 is 1.15 bits per heavy atom. The van der Waals surface area contributed by atoms with E-state index >= 15 is 0 Å². The van der Waals surface area contributed by atoms with Crippen LogP contribution >= 0.6 is 22.6 Å². The second kappa shape index (κ2) is 5.28. The lowest BCUT2D eigenvalue weighted by Crippen LogP contribution is -2.04. The average Bonchev–Trinajstić information content (AvgIpc) is 2.94. The number of carbonyl (C=O) groups excluding carboxylic acids is 1. The van der Waals surface area contributed by atoms with Crippen LogP contribution in [0.25, 0.3) is 22.0 Å². The number of rotatable bonds is 2. The molecule has 3 nitrogen and oxygen atoms in total. The van der Waals surface area contributed by atoms with Crippen molar-refractivity contribution < 1.29 is 9.53 Å². The molecular formula is C16H12INO2. The van der Waals surface area contributed by atoms with E-state index < -0.39 is 0 Å². The van der Waals surface area contributed by atoms with Crippen LogP contribution < -0.4 is 0 Å². The Labute approximate surface area is 130 Å². The molecule has 0 saturated heterocycles. The van der Waals surface area contributed by atoms with Gasteiger partial charge in [0, 0.05) is 26.2 Å². The monoisotopic (exact) mass is 377 g/mol. The van der Waals surface area contributed by atoms with Gasteiger partial charge in [-0.25, -0.2) is 4.79 Å². The van der Waals surface area contributed by atoms with Crippen molar-refractivity contribution in [3.8, 4) is 11.1 Å². The minimum atomic E-state index is -0.314. The minimum absolute atomic E-state index is 0.314. The van der Waals surface area contributed by atoms with E-state index in [1.54, 1.807) is 6.07 Å². The summed E-state index contributed by atoms with van der Waals surface area (Å²) < 4.78 is 5.92. The van der Waals surface area contributed by atoms with E-state index in [4.69, 9.17) is 4.74 Å². The maximum Gasteiger partial charge on any atom is 0.338 e. The maximum atomic E-state index is 12.0. The molecule has 0 spiro atoms. The number of H-pyrrole nitrogens is 1. The smallest absolute Gasteiger partial charge is 0.338 e. The van der Waals surface area contributed by atoms with Gasteiger partial charge in [-0.2, -0.15) is 0 Å². The molecule has 100 valence electrons. The van der Waals surface area contributed by atoms with Crippen molar-refractivity contribution >= 4 is 39.5 Å². The van der Waals surface area contributed by atoms with Crippen molar-refractivity contribution in [2.75, 3.05) is 7.11 Å². The average molecular weight is 377 g/mol. The third-order valence-electron chi connectivity index (χ3n) is 3.28. The predicted octanol–water partition coefficient (Wildman–Crippen LogP) is 4.23. The molecule has 2 aromatic carbocycles. The molecule has 0 bridgehead atoms. The highest BCUT2D eigenvalue weighted by atomic mass is 127. The molecule has 1 N–H and O–H groups in total. The van der Waals surface area contributed by atoms with Crippen molar-refractivity contribution in [1.82, 2.24) is 4.98 Å². The Morgan fingerprint density at radius 2 is 1.95 bits per heavy atom. The molecule has 0 aliphatic heterocycles. The van der Waals surface area contributed by atoms with Crippen LogP contribution in [0, 0.1) is 3.57 Å². The molecule has 0 aliphatic rings. The summed E-state index contributed by atoms with van der Waals surface area (Å²) in [6.45, 7) is 0. The van der Waals surface area contributed by atoms with Crippen LogP contribution in [0.3, 0.4) is 0 Å². The van der Waals surface area contributed by atoms with Gasteiger partial charge in [0.25, 0.3) is 0 Å². The number of carbonyl (C=O) groups is 1. The number of fused-ring (bicyclic) bond motifs is 1. The molecule has 1 aromatic heterocycles. The van der Waals surface area contributed by atoms with E-state index in [0.717, 1.165) is 25.6 Å². The standard InChI is InChI=1S/C16H12INO2/c1-20-16(19)12-5-2-6-13(17)15(12)11-4-3-7-14-10(11)8-9-18-14/h2-9,18H,1H3. The zero-order valence-electron chi connectivity index (χ0n) is 10.8. The van der Waals surface area contributed by atoms with Gasteiger partial charge in [-0.05, 0) is 52.4 Å². The van der Waals surface area contributed by atoms with Gasteiger partial charge in [0.1, 0.15) is 0 Å². The molecule has 3 aromatic rings. The Bertz CT molecular complexity index is 792. The first-order valence-corrected chi connectivity index (χ1v) is 7.23. The summed E-state index contributed by atoms with van der Waals surface area (Å²) >= 11 is 2.25. The zero-order valence-corrected chi connectivity index (χ0v) is 13.0. The second-order valence-corrected chi connectivity index (χ2v) is 5.56. The molecule has 0 fully saturated rings. The van der Waals surface area contributed by atoms with Gasteiger partial charge in [0.15, 0.2) is 0 Å². The SMILES string of the molecule is COC(=O)c1cccc(I)c1-c1cccc2[nH]ccc12. The zero-order chi connectivity index (χ0) is 14.1. The molecule has 20 heavy (non-hydrogen) atoms. The lowest BCUT2D eigenvalue weighted by atomic mass is 9.97. The highest BCUT2D eigenvalue weighted by Gasteiger charge is 2.17. The topological polar surface area (TPSA) is 42.1 Å². The Hall–Kier alpha value is -1.82. The largest absolute Gasteiger partial charge is 0.465 e. The van der Waals surface area contributed by atoms with Crippen molar-refractivity contribution in [2.24, 2.45) is 0 Å². The summed E-state index contributed by atoms with van der Waals surface area (Å²) in [6, 6.07) is 13.7. The third kappa shape index (κ3) is 2.10. The molecule has 3 rings (SSSR count). The number of esters is 1. The van der Waals surface area contributed by atoms with E-state index in [-0.39, 0.29) is 5.97 Å². The highest BCUT2D eigenvalue weighted by molar-refractivity contribution is 14.1. The number of nitrogens with one attached hydrogen (secondary N) is 1. The van der Waals surface area contributed by atoms with Crippen LogP contribution in [0.2, 0.25) is 0 Å². The first-order chi connectivity index (χ1) is 9.72. The van der Waals surface area contributed by atoms with Crippen LogP contribution in [0.1, 0.15) is 10.4 Å². The summed E-state index contributed by atoms with van der Waals surface area (Å²) in [5.74, 6) is -0.314. The Balaban J connectivity index is 2.34. The van der Waals surface area contributed by atoms with Gasteiger partial charge in [0.2, 0.25) is 0 Å². The molecule has 0 atom stereocenters. The van der Waals surface area contributed by atoms with Gasteiger partial charge < -0.3 is 9.72 Å². The van der Waals surface area contributed by atoms with Crippen LogP contribution in [-0.4, -0.2) is 18.1 Å². The summed E-state index contributed by atoms with van der Waals surface area (Å²) in [5.41, 5.74) is 3.60. The van der Waals surface area contributed by atoms with E-state index in [0.29, 0.717) is 5.56 Å². The first kappa shape index (κ1) is 13.2.